The molecule has 1 aromatic rings. The number of anilines is 1. The van der Waals surface area contributed by atoms with Gasteiger partial charge in [0.1, 0.15) is 11.8 Å². The number of aromatic hydroxyl groups is 1. The zero-order valence-corrected chi connectivity index (χ0v) is 13.9. The van der Waals surface area contributed by atoms with E-state index in [1.54, 1.807) is 12.1 Å². The maximum atomic E-state index is 12.6. The van der Waals surface area contributed by atoms with Gasteiger partial charge in [0.25, 0.3) is 0 Å². The molecule has 126 valence electrons. The van der Waals surface area contributed by atoms with Crippen LogP contribution in [0.25, 0.3) is 0 Å². The number of likely N-dealkylation sites (N-methyl/N-ethyl adjacent to an activating group) is 1. The normalized spacial score (nSPS) is 27.5. The molecule has 0 amide bonds. The van der Waals surface area contributed by atoms with Gasteiger partial charge in [0, 0.05) is 18.6 Å². The second-order valence-electron chi connectivity index (χ2n) is 6.61. The van der Waals surface area contributed by atoms with Crippen molar-refractivity contribution in [1.82, 2.24) is 5.32 Å². The molecule has 0 radical (unpaired) electrons. The number of ether oxygens (including phenoxy) is 1. The van der Waals surface area contributed by atoms with Crippen molar-refractivity contribution in [1.29, 1.82) is 0 Å². The molecule has 2 aliphatic rings. The van der Waals surface area contributed by atoms with Crippen molar-refractivity contribution < 1.29 is 14.6 Å². The third-order valence-electron chi connectivity index (χ3n) is 5.27. The zero-order valence-electron chi connectivity index (χ0n) is 13.9. The highest BCUT2D eigenvalue weighted by atomic mass is 16.5. The lowest BCUT2D eigenvalue weighted by molar-refractivity contribution is -0.144. The Kier molecular flexibility index (Phi) is 4.76. The largest absolute Gasteiger partial charge is 0.506 e. The number of carbonyl (C=O) groups excluding carboxylic acids is 1. The molecular weight excluding hydrogens is 292 g/mol. The molecule has 0 spiro atoms. The average molecular weight is 318 g/mol. The number of piperidine rings is 1. The molecule has 5 heteroatoms. The number of fused-ring (bicyclic) bond motifs is 2. The number of phenolic OH excluding ortho intramolecular Hbond substituents is 1. The van der Waals surface area contributed by atoms with Gasteiger partial charge in [0.05, 0.1) is 12.8 Å². The third-order valence-corrected chi connectivity index (χ3v) is 5.27. The lowest BCUT2D eigenvalue weighted by Crippen LogP contribution is -2.52. The molecule has 0 aliphatic carbocycles. The molecule has 2 heterocycles. The molecule has 2 saturated heterocycles. The van der Waals surface area contributed by atoms with Crippen LogP contribution in [0.4, 0.5) is 5.69 Å². The molecule has 2 aliphatic heterocycles. The number of benzene rings is 1. The van der Waals surface area contributed by atoms with Crippen LogP contribution in [0.1, 0.15) is 32.6 Å². The van der Waals surface area contributed by atoms with Crippen LogP contribution in [0.5, 0.6) is 5.75 Å². The fourth-order valence-electron chi connectivity index (χ4n) is 4.28. The number of phenols is 1. The number of nitrogens with zero attached hydrogens (tertiary/aromatic N) is 1. The van der Waals surface area contributed by atoms with Gasteiger partial charge in [-0.3, -0.25) is 0 Å². The van der Waals surface area contributed by atoms with Crippen LogP contribution in [0.15, 0.2) is 24.3 Å². The Morgan fingerprint density at radius 1 is 1.35 bits per heavy atom. The molecule has 2 N–H and O–H groups in total. The van der Waals surface area contributed by atoms with Crippen LogP contribution in [0.3, 0.4) is 0 Å². The minimum atomic E-state index is -0.344. The van der Waals surface area contributed by atoms with Crippen LogP contribution in [0.2, 0.25) is 0 Å². The molecule has 2 unspecified atom stereocenters. The van der Waals surface area contributed by atoms with Crippen LogP contribution >= 0.6 is 0 Å². The first-order chi connectivity index (χ1) is 11.1. The SMILES string of the molecule is CCN(c1ccccc1O)[C@H](C(=O)OC)C1CC2CCC(C1)N2. The molecular formula is C18H26N2O3. The quantitative estimate of drug-likeness (QED) is 0.816. The lowest BCUT2D eigenvalue weighted by atomic mass is 9.85. The number of hydrogen-bond acceptors (Lipinski definition) is 5. The van der Waals surface area contributed by atoms with E-state index in [2.05, 4.69) is 5.32 Å². The lowest BCUT2D eigenvalue weighted by Gasteiger charge is -2.40. The first-order valence-corrected chi connectivity index (χ1v) is 8.52. The summed E-state index contributed by atoms with van der Waals surface area (Å²) in [6, 6.07) is 7.89. The fourth-order valence-corrected chi connectivity index (χ4v) is 4.28. The van der Waals surface area contributed by atoms with Gasteiger partial charge in [-0.15, -0.1) is 0 Å². The van der Waals surface area contributed by atoms with Gasteiger partial charge in [-0.05, 0) is 50.7 Å². The van der Waals surface area contributed by atoms with E-state index < -0.39 is 0 Å². The van der Waals surface area contributed by atoms with E-state index >= 15 is 0 Å². The molecule has 23 heavy (non-hydrogen) atoms. The van der Waals surface area contributed by atoms with Gasteiger partial charge in [0.2, 0.25) is 0 Å². The predicted molar refractivity (Wildman–Crippen MR) is 89.6 cm³/mol. The monoisotopic (exact) mass is 318 g/mol. The number of nitrogens with one attached hydrogen (secondary N) is 1. The highest BCUT2D eigenvalue weighted by Gasteiger charge is 2.42. The van der Waals surface area contributed by atoms with Gasteiger partial charge >= 0.3 is 5.97 Å². The molecule has 3 rings (SSSR count). The van der Waals surface area contributed by atoms with Crippen molar-refractivity contribution in [2.75, 3.05) is 18.6 Å². The molecule has 2 fully saturated rings. The van der Waals surface area contributed by atoms with E-state index in [9.17, 15) is 9.90 Å². The number of carbonyl (C=O) groups is 1. The van der Waals surface area contributed by atoms with Crippen molar-refractivity contribution >= 4 is 11.7 Å². The summed E-state index contributed by atoms with van der Waals surface area (Å²) in [6.45, 7) is 2.66. The van der Waals surface area contributed by atoms with Crippen molar-refractivity contribution in [2.24, 2.45) is 5.92 Å². The molecule has 0 saturated carbocycles. The minimum Gasteiger partial charge on any atom is -0.506 e. The summed E-state index contributed by atoms with van der Waals surface area (Å²) >= 11 is 0. The van der Waals surface area contributed by atoms with Crippen LogP contribution < -0.4 is 10.2 Å². The second kappa shape index (κ2) is 6.79. The average Bonchev–Trinajstić information content (AvgIpc) is 2.91. The number of esters is 1. The van der Waals surface area contributed by atoms with Crippen LogP contribution in [-0.2, 0) is 9.53 Å². The van der Waals surface area contributed by atoms with Gasteiger partial charge in [0.15, 0.2) is 0 Å². The van der Waals surface area contributed by atoms with Crippen molar-refractivity contribution in [3.8, 4) is 5.75 Å². The number of rotatable bonds is 5. The Hall–Kier alpha value is -1.75. The third kappa shape index (κ3) is 3.15. The summed E-state index contributed by atoms with van der Waals surface area (Å²) in [5.41, 5.74) is 0.705. The van der Waals surface area contributed by atoms with E-state index in [1.165, 1.54) is 20.0 Å². The first kappa shape index (κ1) is 16.1. The standard InChI is InChI=1S/C18H26N2O3/c1-3-20(15-6-4-5-7-16(15)21)17(18(22)23-2)12-10-13-8-9-14(11-12)19-13/h4-7,12-14,17,19,21H,3,8-11H2,1-2H3/t12?,13?,14?,17-/m0/s1. The molecule has 3 atom stereocenters. The summed E-state index contributed by atoms with van der Waals surface area (Å²) in [6.07, 6.45) is 4.36. The Labute approximate surface area is 137 Å². The predicted octanol–water partition coefficient (Wildman–Crippen LogP) is 2.29. The summed E-state index contributed by atoms with van der Waals surface area (Å²) in [7, 11) is 1.45. The summed E-state index contributed by atoms with van der Waals surface area (Å²) in [4.78, 5) is 14.6. The Morgan fingerprint density at radius 3 is 2.57 bits per heavy atom. The summed E-state index contributed by atoms with van der Waals surface area (Å²) in [5, 5.41) is 13.8. The maximum absolute atomic E-state index is 12.6. The van der Waals surface area contributed by atoms with E-state index in [0.29, 0.717) is 24.3 Å². The molecule has 5 nitrogen and oxygen atoms in total. The maximum Gasteiger partial charge on any atom is 0.328 e. The molecule has 1 aromatic carbocycles. The fraction of sp³-hybridized carbons (Fsp3) is 0.611. The van der Waals surface area contributed by atoms with Crippen LogP contribution in [-0.4, -0.2) is 42.9 Å². The number of para-hydroxylation sites is 2. The minimum absolute atomic E-state index is 0.207. The Balaban J connectivity index is 1.91. The van der Waals surface area contributed by atoms with Gasteiger partial charge in [-0.25, -0.2) is 4.79 Å². The smallest absolute Gasteiger partial charge is 0.328 e. The van der Waals surface area contributed by atoms with E-state index in [4.69, 9.17) is 4.74 Å². The van der Waals surface area contributed by atoms with E-state index in [1.807, 2.05) is 24.0 Å². The highest BCUT2D eigenvalue weighted by molar-refractivity contribution is 5.81. The first-order valence-electron chi connectivity index (χ1n) is 8.52. The van der Waals surface area contributed by atoms with E-state index in [0.717, 1.165) is 12.8 Å². The highest BCUT2D eigenvalue weighted by Crippen LogP contribution is 2.37. The van der Waals surface area contributed by atoms with Gasteiger partial charge in [-0.2, -0.15) is 0 Å². The van der Waals surface area contributed by atoms with Crippen molar-refractivity contribution in [3.63, 3.8) is 0 Å². The number of methoxy groups -OCH3 is 1. The second-order valence-corrected chi connectivity index (χ2v) is 6.61. The summed E-state index contributed by atoms with van der Waals surface area (Å²) < 4.78 is 5.12. The Morgan fingerprint density at radius 2 is 2.00 bits per heavy atom. The molecule has 2 bridgehead atoms. The number of hydrogen-bond donors (Lipinski definition) is 2. The summed E-state index contributed by atoms with van der Waals surface area (Å²) in [5.74, 6) is 0.252. The van der Waals surface area contributed by atoms with Crippen molar-refractivity contribution in [2.45, 2.75) is 50.7 Å². The topological polar surface area (TPSA) is 61.8 Å². The molecule has 0 aromatic heterocycles. The Bertz CT molecular complexity index is 551. The van der Waals surface area contributed by atoms with Gasteiger partial charge < -0.3 is 20.1 Å². The van der Waals surface area contributed by atoms with E-state index in [-0.39, 0.29) is 23.7 Å². The zero-order chi connectivity index (χ0) is 16.4. The van der Waals surface area contributed by atoms with Crippen molar-refractivity contribution in [3.05, 3.63) is 24.3 Å². The van der Waals surface area contributed by atoms with Gasteiger partial charge in [-0.1, -0.05) is 12.1 Å². The van der Waals surface area contributed by atoms with Crippen LogP contribution in [0, 0.1) is 5.92 Å².